The Kier molecular flexibility index (Phi) is 3.53. The third-order valence-corrected chi connectivity index (χ3v) is 5.54. The first-order valence-electron chi connectivity index (χ1n) is 7.70. The van der Waals surface area contributed by atoms with Crippen molar-refractivity contribution in [2.75, 3.05) is 0 Å². The second-order valence-electron chi connectivity index (χ2n) is 6.78. The molecule has 1 heterocycles. The van der Waals surface area contributed by atoms with Crippen molar-refractivity contribution in [2.45, 2.75) is 45.4 Å². The molecule has 1 aromatic rings. The van der Waals surface area contributed by atoms with E-state index >= 15 is 0 Å². The molecule has 20 heavy (non-hydrogen) atoms. The molecule has 3 rings (SSSR count). The predicted molar refractivity (Wildman–Crippen MR) is 77.5 cm³/mol. The largest absolute Gasteiger partial charge is 0.481 e. The molecule has 5 atom stereocenters. The minimum absolute atomic E-state index is 0.179. The van der Waals surface area contributed by atoms with Crippen LogP contribution in [0.15, 0.2) is 18.3 Å². The van der Waals surface area contributed by atoms with Crippen molar-refractivity contribution in [3.63, 3.8) is 0 Å². The first-order chi connectivity index (χ1) is 9.54. The summed E-state index contributed by atoms with van der Waals surface area (Å²) in [6.45, 7) is 3.92. The lowest BCUT2D eigenvalue weighted by molar-refractivity contribution is -0.142. The minimum Gasteiger partial charge on any atom is -0.481 e. The van der Waals surface area contributed by atoms with E-state index in [1.807, 2.05) is 20.0 Å². The molecule has 2 fully saturated rings. The molecule has 0 amide bonds. The average Bonchev–Trinajstić information content (AvgIpc) is 2.95. The Hall–Kier alpha value is -1.38. The number of aromatic nitrogens is 1. The second kappa shape index (κ2) is 5.19. The van der Waals surface area contributed by atoms with Gasteiger partial charge < -0.3 is 5.11 Å². The molecule has 3 nitrogen and oxygen atoms in total. The summed E-state index contributed by atoms with van der Waals surface area (Å²) in [5.74, 6) is 1.72. The maximum atomic E-state index is 11.1. The van der Waals surface area contributed by atoms with Crippen LogP contribution in [0, 0.1) is 30.6 Å². The van der Waals surface area contributed by atoms with Crippen LogP contribution in [0.2, 0.25) is 0 Å². The van der Waals surface area contributed by atoms with Gasteiger partial charge in [0, 0.05) is 11.9 Å². The van der Waals surface area contributed by atoms with E-state index in [4.69, 9.17) is 5.11 Å². The van der Waals surface area contributed by atoms with Gasteiger partial charge in [-0.1, -0.05) is 6.92 Å². The Labute approximate surface area is 120 Å². The molecule has 2 unspecified atom stereocenters. The van der Waals surface area contributed by atoms with Gasteiger partial charge in [0.05, 0.1) is 5.92 Å². The van der Waals surface area contributed by atoms with Crippen molar-refractivity contribution in [2.24, 2.45) is 23.7 Å². The van der Waals surface area contributed by atoms with Crippen LogP contribution >= 0.6 is 0 Å². The van der Waals surface area contributed by atoms with E-state index in [1.165, 1.54) is 18.4 Å². The molecule has 3 heteroatoms. The van der Waals surface area contributed by atoms with E-state index in [1.54, 1.807) is 0 Å². The number of carboxylic acids is 1. The fraction of sp³-hybridized carbons (Fsp3) is 0.647. The molecule has 1 aromatic heterocycles. The summed E-state index contributed by atoms with van der Waals surface area (Å²) in [6.07, 6.45) is 6.60. The van der Waals surface area contributed by atoms with E-state index in [-0.39, 0.29) is 5.92 Å². The lowest BCUT2D eigenvalue weighted by Crippen LogP contribution is -2.19. The Bertz CT molecular complexity index is 499. The summed E-state index contributed by atoms with van der Waals surface area (Å²) < 4.78 is 0. The van der Waals surface area contributed by atoms with E-state index in [9.17, 15) is 4.79 Å². The summed E-state index contributed by atoms with van der Waals surface area (Å²) in [5, 5.41) is 9.16. The number of fused-ring (bicyclic) bond motifs is 1. The van der Waals surface area contributed by atoms with Gasteiger partial charge in [0.2, 0.25) is 0 Å². The lowest BCUT2D eigenvalue weighted by Gasteiger charge is -2.18. The first-order valence-corrected chi connectivity index (χ1v) is 7.70. The molecule has 0 radical (unpaired) electrons. The van der Waals surface area contributed by atoms with Gasteiger partial charge in [-0.2, -0.15) is 0 Å². The Morgan fingerprint density at radius 2 is 1.95 bits per heavy atom. The molecular formula is C17H23NO2. The average molecular weight is 273 g/mol. The number of aryl methyl sites for hydroxylation is 1. The topological polar surface area (TPSA) is 50.2 Å². The summed E-state index contributed by atoms with van der Waals surface area (Å²) in [5.41, 5.74) is 2.52. The van der Waals surface area contributed by atoms with Gasteiger partial charge in [0.1, 0.15) is 0 Å². The van der Waals surface area contributed by atoms with Gasteiger partial charge >= 0.3 is 5.97 Å². The highest BCUT2D eigenvalue weighted by molar-refractivity contribution is 5.69. The zero-order valence-electron chi connectivity index (χ0n) is 12.2. The molecule has 0 aliphatic heterocycles. The van der Waals surface area contributed by atoms with Crippen molar-refractivity contribution in [3.8, 4) is 0 Å². The molecule has 0 saturated heterocycles. The van der Waals surface area contributed by atoms with E-state index in [2.05, 4.69) is 17.1 Å². The van der Waals surface area contributed by atoms with Gasteiger partial charge in [-0.05, 0) is 74.0 Å². The van der Waals surface area contributed by atoms with Gasteiger partial charge in [0.15, 0.2) is 0 Å². The quantitative estimate of drug-likeness (QED) is 0.915. The molecule has 0 spiro atoms. The Morgan fingerprint density at radius 1 is 1.30 bits per heavy atom. The predicted octanol–water partition coefficient (Wildman–Crippen LogP) is 3.63. The van der Waals surface area contributed by atoms with Crippen molar-refractivity contribution in [1.29, 1.82) is 0 Å². The molecule has 108 valence electrons. The van der Waals surface area contributed by atoms with E-state index in [0.717, 1.165) is 30.4 Å². The van der Waals surface area contributed by atoms with Crippen LogP contribution in [-0.2, 0) is 4.79 Å². The maximum absolute atomic E-state index is 11.1. The summed E-state index contributed by atoms with van der Waals surface area (Å²) in [7, 11) is 0. The number of hydrogen-bond donors (Lipinski definition) is 1. The highest BCUT2D eigenvalue weighted by Gasteiger charge is 2.44. The third-order valence-electron chi connectivity index (χ3n) is 5.54. The number of carbonyl (C=O) groups is 1. The number of nitrogens with zero attached hydrogens (tertiary/aromatic N) is 1. The molecular weight excluding hydrogens is 250 g/mol. The van der Waals surface area contributed by atoms with Crippen LogP contribution in [0.3, 0.4) is 0 Å². The summed E-state index contributed by atoms with van der Waals surface area (Å²) in [6, 6.07) is 4.36. The number of rotatable bonds is 3. The summed E-state index contributed by atoms with van der Waals surface area (Å²) in [4.78, 5) is 15.4. The molecule has 0 bridgehead atoms. The van der Waals surface area contributed by atoms with Crippen molar-refractivity contribution in [1.82, 2.24) is 4.98 Å². The number of hydrogen-bond acceptors (Lipinski definition) is 2. The highest BCUT2D eigenvalue weighted by Crippen LogP contribution is 2.53. The lowest BCUT2D eigenvalue weighted by atomic mass is 9.87. The van der Waals surface area contributed by atoms with Crippen LogP contribution in [0.5, 0.6) is 0 Å². The molecule has 2 saturated carbocycles. The smallest absolute Gasteiger partial charge is 0.306 e. The number of aliphatic carboxylic acids is 1. The molecule has 0 aromatic carbocycles. The minimum atomic E-state index is -0.628. The van der Waals surface area contributed by atoms with Crippen molar-refractivity contribution in [3.05, 3.63) is 29.6 Å². The van der Waals surface area contributed by atoms with E-state index in [0.29, 0.717) is 11.8 Å². The van der Waals surface area contributed by atoms with Crippen molar-refractivity contribution < 1.29 is 9.90 Å². The normalized spacial score (nSPS) is 33.9. The summed E-state index contributed by atoms with van der Waals surface area (Å²) >= 11 is 0. The van der Waals surface area contributed by atoms with Crippen LogP contribution in [0.25, 0.3) is 0 Å². The fourth-order valence-electron chi connectivity index (χ4n) is 4.37. The highest BCUT2D eigenvalue weighted by atomic mass is 16.4. The number of carboxylic acid groups (broad SMARTS) is 1. The second-order valence-corrected chi connectivity index (χ2v) is 6.78. The van der Waals surface area contributed by atoms with Gasteiger partial charge in [-0.3, -0.25) is 9.78 Å². The van der Waals surface area contributed by atoms with Crippen LogP contribution in [0.1, 0.15) is 49.8 Å². The molecule has 1 N–H and O–H groups in total. The standard InChI is InChI=1S/C17H23NO2/c1-10-5-12(3-4-18-10)14-8-15-6-13(7-16(15)9-14)11(2)17(19)20/h3-5,11,13-16H,6-9H2,1-2H3,(H,19,20)/t11-,13?,14?,15-,16+/m1/s1. The van der Waals surface area contributed by atoms with Gasteiger partial charge in [0.25, 0.3) is 0 Å². The number of pyridine rings is 1. The molecule has 2 aliphatic carbocycles. The Balaban J connectivity index is 1.65. The first kappa shape index (κ1) is 13.6. The van der Waals surface area contributed by atoms with Crippen LogP contribution in [-0.4, -0.2) is 16.1 Å². The van der Waals surface area contributed by atoms with Crippen molar-refractivity contribution >= 4 is 5.97 Å². The zero-order chi connectivity index (χ0) is 14.3. The Morgan fingerprint density at radius 3 is 2.50 bits per heavy atom. The SMILES string of the molecule is Cc1cc(C2C[C@@H]3CC([C@@H](C)C(=O)O)C[C@@H]3C2)ccn1. The molecule has 2 aliphatic rings. The van der Waals surface area contributed by atoms with E-state index < -0.39 is 5.97 Å². The third kappa shape index (κ3) is 2.46. The monoisotopic (exact) mass is 273 g/mol. The van der Waals surface area contributed by atoms with Crippen LogP contribution < -0.4 is 0 Å². The zero-order valence-corrected chi connectivity index (χ0v) is 12.2. The van der Waals surface area contributed by atoms with Crippen LogP contribution in [0.4, 0.5) is 0 Å². The van der Waals surface area contributed by atoms with Gasteiger partial charge in [-0.25, -0.2) is 0 Å². The maximum Gasteiger partial charge on any atom is 0.306 e. The van der Waals surface area contributed by atoms with Gasteiger partial charge in [-0.15, -0.1) is 0 Å². The fourth-order valence-corrected chi connectivity index (χ4v) is 4.37.